The zero-order chi connectivity index (χ0) is 18.4. The van der Waals surface area contributed by atoms with Gasteiger partial charge in [-0.05, 0) is 43.5 Å². The minimum Gasteiger partial charge on any atom is -0.507 e. The highest BCUT2D eigenvalue weighted by Gasteiger charge is 2.13. The highest BCUT2D eigenvalue weighted by molar-refractivity contribution is 5.97. The van der Waals surface area contributed by atoms with E-state index in [0.29, 0.717) is 5.75 Å². The van der Waals surface area contributed by atoms with Crippen molar-refractivity contribution < 1.29 is 14.6 Å². The third-order valence-electron chi connectivity index (χ3n) is 4.46. The molecule has 1 saturated heterocycles. The van der Waals surface area contributed by atoms with Gasteiger partial charge in [0.25, 0.3) is 5.91 Å². The Balaban J connectivity index is 1.69. The fraction of sp³-hybridized carbons (Fsp3) is 0.300. The van der Waals surface area contributed by atoms with E-state index in [4.69, 9.17) is 4.74 Å². The number of phenols is 1. The largest absolute Gasteiger partial charge is 0.507 e. The molecule has 0 atom stereocenters. The van der Waals surface area contributed by atoms with Gasteiger partial charge in [0.2, 0.25) is 0 Å². The van der Waals surface area contributed by atoms with Crippen LogP contribution in [0.4, 0.5) is 5.69 Å². The molecule has 136 valence electrons. The Morgan fingerprint density at radius 2 is 1.96 bits per heavy atom. The normalized spacial score (nSPS) is 14.4. The Morgan fingerprint density at radius 1 is 1.19 bits per heavy atom. The predicted molar refractivity (Wildman–Crippen MR) is 102 cm³/mol. The van der Waals surface area contributed by atoms with Crippen LogP contribution in [0.15, 0.2) is 47.6 Å². The number of rotatable bonds is 5. The Morgan fingerprint density at radius 3 is 2.69 bits per heavy atom. The van der Waals surface area contributed by atoms with Crippen LogP contribution in [0.2, 0.25) is 0 Å². The first kappa shape index (κ1) is 17.8. The van der Waals surface area contributed by atoms with Crippen LogP contribution in [0.1, 0.15) is 35.2 Å². The lowest BCUT2D eigenvalue weighted by atomic mass is 10.1. The van der Waals surface area contributed by atoms with Gasteiger partial charge >= 0.3 is 0 Å². The molecule has 2 aromatic rings. The maximum absolute atomic E-state index is 12.0. The molecule has 0 aliphatic carbocycles. The first-order valence-corrected chi connectivity index (χ1v) is 8.73. The minimum absolute atomic E-state index is 0.0799. The second-order valence-corrected chi connectivity index (χ2v) is 6.19. The first-order chi connectivity index (χ1) is 12.7. The summed E-state index contributed by atoms with van der Waals surface area (Å²) in [5, 5.41) is 13.7. The third kappa shape index (κ3) is 4.14. The van der Waals surface area contributed by atoms with Crippen LogP contribution >= 0.6 is 0 Å². The number of nitrogens with one attached hydrogen (secondary N) is 1. The van der Waals surface area contributed by atoms with Crippen LogP contribution in [0.3, 0.4) is 0 Å². The number of hydrazone groups is 1. The number of carbonyl (C=O) groups is 1. The Hall–Kier alpha value is -3.02. The molecule has 1 aliphatic heterocycles. The monoisotopic (exact) mass is 353 g/mol. The number of ether oxygens (including phenoxy) is 1. The molecule has 1 heterocycles. The summed E-state index contributed by atoms with van der Waals surface area (Å²) in [5.74, 6) is 0.153. The molecule has 3 rings (SSSR count). The van der Waals surface area contributed by atoms with Crippen LogP contribution in [0.5, 0.6) is 11.5 Å². The maximum Gasteiger partial charge on any atom is 0.275 e. The Bertz CT molecular complexity index is 799. The van der Waals surface area contributed by atoms with E-state index in [9.17, 15) is 9.90 Å². The number of carbonyl (C=O) groups excluding carboxylic acids is 1. The fourth-order valence-corrected chi connectivity index (χ4v) is 3.04. The number of phenolic OH excluding ortho intramolecular Hbond substituents is 1. The van der Waals surface area contributed by atoms with Crippen LogP contribution in [-0.2, 0) is 0 Å². The second kappa shape index (κ2) is 8.38. The number of amides is 1. The topological polar surface area (TPSA) is 74.2 Å². The molecule has 0 bridgehead atoms. The summed E-state index contributed by atoms with van der Waals surface area (Å²) in [5.41, 5.74) is 4.51. The van der Waals surface area contributed by atoms with Crippen molar-refractivity contribution in [1.29, 1.82) is 0 Å². The van der Waals surface area contributed by atoms with Crippen molar-refractivity contribution in [3.63, 3.8) is 0 Å². The number of anilines is 1. The number of methoxy groups -OCH3 is 1. The van der Waals surface area contributed by atoms with Crippen LogP contribution < -0.4 is 15.1 Å². The summed E-state index contributed by atoms with van der Waals surface area (Å²) in [6, 6.07) is 12.3. The van der Waals surface area contributed by atoms with E-state index in [-0.39, 0.29) is 11.3 Å². The van der Waals surface area contributed by atoms with Gasteiger partial charge in [0.15, 0.2) is 0 Å². The molecule has 6 heteroatoms. The number of piperidine rings is 1. The quantitative estimate of drug-likeness (QED) is 0.640. The van der Waals surface area contributed by atoms with Crippen molar-refractivity contribution in [1.82, 2.24) is 5.43 Å². The van der Waals surface area contributed by atoms with E-state index in [1.165, 1.54) is 37.6 Å². The molecule has 0 aromatic heterocycles. The van der Waals surface area contributed by atoms with Crippen LogP contribution in [0, 0.1) is 0 Å². The van der Waals surface area contributed by atoms with Gasteiger partial charge in [-0.3, -0.25) is 4.79 Å². The Kier molecular flexibility index (Phi) is 5.73. The predicted octanol–water partition coefficient (Wildman–Crippen LogP) is 3.16. The molecule has 1 fully saturated rings. The number of benzene rings is 2. The number of hydrogen-bond donors (Lipinski definition) is 2. The van der Waals surface area contributed by atoms with E-state index in [1.807, 2.05) is 18.2 Å². The molecule has 1 aliphatic rings. The number of hydrogen-bond acceptors (Lipinski definition) is 5. The maximum atomic E-state index is 12.0. The van der Waals surface area contributed by atoms with Crippen LogP contribution in [-0.4, -0.2) is 37.4 Å². The molecular weight excluding hydrogens is 330 g/mol. The highest BCUT2D eigenvalue weighted by Crippen LogP contribution is 2.26. The van der Waals surface area contributed by atoms with Gasteiger partial charge in [-0.15, -0.1) is 0 Å². The standard InChI is InChI=1S/C20H23N3O3/c1-26-19-13-16(23-11-5-2-6-12-23)10-9-15(19)14-21-22-20(25)17-7-3-4-8-18(17)24/h3-4,7-10,13-14,24H,2,5-6,11-12H2,1H3,(H,22,25). The molecule has 26 heavy (non-hydrogen) atoms. The lowest BCUT2D eigenvalue weighted by Gasteiger charge is -2.29. The molecule has 1 amide bonds. The number of para-hydroxylation sites is 1. The Labute approximate surface area is 153 Å². The van der Waals surface area contributed by atoms with Gasteiger partial charge in [-0.25, -0.2) is 5.43 Å². The van der Waals surface area contributed by atoms with Gasteiger partial charge < -0.3 is 14.7 Å². The van der Waals surface area contributed by atoms with E-state index >= 15 is 0 Å². The number of nitrogens with zero attached hydrogens (tertiary/aromatic N) is 2. The van der Waals surface area contributed by atoms with Crippen molar-refractivity contribution in [3.05, 3.63) is 53.6 Å². The zero-order valence-electron chi connectivity index (χ0n) is 14.8. The van der Waals surface area contributed by atoms with Crippen molar-refractivity contribution in [2.24, 2.45) is 5.10 Å². The van der Waals surface area contributed by atoms with E-state index in [2.05, 4.69) is 15.4 Å². The van der Waals surface area contributed by atoms with Crippen molar-refractivity contribution >= 4 is 17.8 Å². The van der Waals surface area contributed by atoms with E-state index in [0.717, 1.165) is 24.3 Å². The van der Waals surface area contributed by atoms with Gasteiger partial charge in [0.1, 0.15) is 11.5 Å². The summed E-state index contributed by atoms with van der Waals surface area (Å²) < 4.78 is 5.47. The molecule has 0 spiro atoms. The first-order valence-electron chi connectivity index (χ1n) is 8.73. The van der Waals surface area contributed by atoms with Crippen LogP contribution in [0.25, 0.3) is 0 Å². The molecule has 2 aromatic carbocycles. The smallest absolute Gasteiger partial charge is 0.275 e. The molecule has 0 radical (unpaired) electrons. The van der Waals surface area contributed by atoms with E-state index < -0.39 is 5.91 Å². The fourth-order valence-electron chi connectivity index (χ4n) is 3.04. The zero-order valence-corrected chi connectivity index (χ0v) is 14.8. The summed E-state index contributed by atoms with van der Waals surface area (Å²) in [6.45, 7) is 2.13. The van der Waals surface area contributed by atoms with Gasteiger partial charge in [-0.1, -0.05) is 12.1 Å². The number of aromatic hydroxyl groups is 1. The van der Waals surface area contributed by atoms with Crippen molar-refractivity contribution in [2.45, 2.75) is 19.3 Å². The summed E-state index contributed by atoms with van der Waals surface area (Å²) in [6.07, 6.45) is 5.25. The van der Waals surface area contributed by atoms with Crippen molar-refractivity contribution in [3.8, 4) is 11.5 Å². The average Bonchev–Trinajstić information content (AvgIpc) is 2.69. The SMILES string of the molecule is COc1cc(N2CCCCC2)ccc1C=NNC(=O)c1ccccc1O. The minimum atomic E-state index is -0.469. The lowest BCUT2D eigenvalue weighted by molar-refractivity contribution is 0.0952. The molecular formula is C20H23N3O3. The van der Waals surface area contributed by atoms with Gasteiger partial charge in [-0.2, -0.15) is 5.10 Å². The molecule has 0 unspecified atom stereocenters. The lowest BCUT2D eigenvalue weighted by Crippen LogP contribution is -2.29. The van der Waals surface area contributed by atoms with E-state index in [1.54, 1.807) is 19.2 Å². The summed E-state index contributed by atoms with van der Waals surface area (Å²) in [7, 11) is 1.62. The molecule has 6 nitrogen and oxygen atoms in total. The molecule has 2 N–H and O–H groups in total. The highest BCUT2D eigenvalue weighted by atomic mass is 16.5. The van der Waals surface area contributed by atoms with Crippen molar-refractivity contribution in [2.75, 3.05) is 25.1 Å². The van der Waals surface area contributed by atoms with Gasteiger partial charge in [0.05, 0.1) is 18.9 Å². The summed E-state index contributed by atoms with van der Waals surface area (Å²) >= 11 is 0. The summed E-state index contributed by atoms with van der Waals surface area (Å²) in [4.78, 5) is 14.4. The molecule has 0 saturated carbocycles. The second-order valence-electron chi connectivity index (χ2n) is 6.19. The van der Waals surface area contributed by atoms with Gasteiger partial charge in [0, 0.05) is 30.4 Å². The third-order valence-corrected chi connectivity index (χ3v) is 4.46. The average molecular weight is 353 g/mol.